The molecule has 0 aromatic heterocycles. The number of rotatable bonds is 2. The quantitative estimate of drug-likeness (QED) is 0.868. The fraction of sp³-hybridized carbons (Fsp3) is 0.188. The van der Waals surface area contributed by atoms with Gasteiger partial charge in [0, 0.05) is 4.47 Å². The fourth-order valence-corrected chi connectivity index (χ4v) is 2.88. The van der Waals surface area contributed by atoms with Gasteiger partial charge in [0.2, 0.25) is 0 Å². The van der Waals surface area contributed by atoms with Gasteiger partial charge in [-0.05, 0) is 55.2 Å². The van der Waals surface area contributed by atoms with Crippen LogP contribution >= 0.6 is 15.9 Å². The van der Waals surface area contributed by atoms with E-state index in [2.05, 4.69) is 28.1 Å². The number of carbonyl (C=O) groups is 1. The van der Waals surface area contributed by atoms with Crippen LogP contribution in [0, 0.1) is 20.8 Å². The van der Waals surface area contributed by atoms with E-state index < -0.39 is 5.97 Å². The van der Waals surface area contributed by atoms with E-state index in [1.54, 1.807) is 6.07 Å². The molecule has 0 spiro atoms. The summed E-state index contributed by atoms with van der Waals surface area (Å²) in [5.74, 6) is -0.907. The van der Waals surface area contributed by atoms with Crippen molar-refractivity contribution in [2.75, 3.05) is 0 Å². The minimum absolute atomic E-state index is 0.324. The molecule has 0 unspecified atom stereocenters. The minimum atomic E-state index is -0.907. The maximum absolute atomic E-state index is 11.4. The van der Waals surface area contributed by atoms with Gasteiger partial charge in [-0.3, -0.25) is 0 Å². The zero-order valence-corrected chi connectivity index (χ0v) is 12.7. The summed E-state index contributed by atoms with van der Waals surface area (Å²) < 4.78 is 0.774. The summed E-state index contributed by atoms with van der Waals surface area (Å²) in [7, 11) is 0. The maximum Gasteiger partial charge on any atom is 0.336 e. The van der Waals surface area contributed by atoms with Gasteiger partial charge in [0.25, 0.3) is 0 Å². The summed E-state index contributed by atoms with van der Waals surface area (Å²) in [5.41, 5.74) is 5.49. The molecular weight excluding hydrogens is 304 g/mol. The van der Waals surface area contributed by atoms with Crippen molar-refractivity contribution in [3.63, 3.8) is 0 Å². The summed E-state index contributed by atoms with van der Waals surface area (Å²) in [6.07, 6.45) is 0. The molecule has 0 aliphatic carbocycles. The highest BCUT2D eigenvalue weighted by Gasteiger charge is 2.15. The highest BCUT2D eigenvalue weighted by atomic mass is 79.9. The highest BCUT2D eigenvalue weighted by molar-refractivity contribution is 9.10. The number of aryl methyl sites for hydroxylation is 3. The van der Waals surface area contributed by atoms with Gasteiger partial charge < -0.3 is 5.11 Å². The van der Waals surface area contributed by atoms with Crippen LogP contribution in [0.5, 0.6) is 0 Å². The second-order valence-electron chi connectivity index (χ2n) is 4.77. The maximum atomic E-state index is 11.4. The van der Waals surface area contributed by atoms with Crippen LogP contribution in [0.1, 0.15) is 27.0 Å². The molecule has 1 N–H and O–H groups in total. The summed E-state index contributed by atoms with van der Waals surface area (Å²) in [4.78, 5) is 11.4. The average molecular weight is 319 g/mol. The van der Waals surface area contributed by atoms with Crippen molar-refractivity contribution in [2.45, 2.75) is 20.8 Å². The Balaban J connectivity index is 2.76. The molecule has 0 amide bonds. The Morgan fingerprint density at radius 3 is 2.16 bits per heavy atom. The highest BCUT2D eigenvalue weighted by Crippen LogP contribution is 2.32. The lowest BCUT2D eigenvalue weighted by Crippen LogP contribution is -2.01. The molecule has 0 bridgehead atoms. The number of aromatic carboxylic acids is 1. The third-order valence-corrected chi connectivity index (χ3v) is 3.65. The van der Waals surface area contributed by atoms with E-state index in [0.717, 1.165) is 26.7 Å². The Morgan fingerprint density at radius 2 is 1.63 bits per heavy atom. The average Bonchev–Trinajstić information content (AvgIpc) is 2.29. The first kappa shape index (κ1) is 13.8. The zero-order valence-electron chi connectivity index (χ0n) is 11.1. The Bertz CT molecular complexity index is 637. The number of benzene rings is 2. The first-order valence-electron chi connectivity index (χ1n) is 6.01. The molecule has 98 valence electrons. The number of carboxylic acid groups (broad SMARTS) is 1. The largest absolute Gasteiger partial charge is 0.478 e. The van der Waals surface area contributed by atoms with E-state index in [9.17, 15) is 9.90 Å². The van der Waals surface area contributed by atoms with Crippen LogP contribution in [0.25, 0.3) is 11.1 Å². The number of carboxylic acids is 1. The van der Waals surface area contributed by atoms with Crippen LogP contribution in [0.2, 0.25) is 0 Å². The molecule has 0 fully saturated rings. The van der Waals surface area contributed by atoms with Gasteiger partial charge in [-0.15, -0.1) is 0 Å². The van der Waals surface area contributed by atoms with E-state index in [4.69, 9.17) is 0 Å². The molecule has 2 rings (SSSR count). The van der Waals surface area contributed by atoms with E-state index in [1.807, 2.05) is 32.9 Å². The van der Waals surface area contributed by atoms with Gasteiger partial charge in [0.05, 0.1) is 5.56 Å². The van der Waals surface area contributed by atoms with Gasteiger partial charge in [0.15, 0.2) is 0 Å². The van der Waals surface area contributed by atoms with Crippen molar-refractivity contribution < 1.29 is 9.90 Å². The third-order valence-electron chi connectivity index (χ3n) is 3.16. The second-order valence-corrected chi connectivity index (χ2v) is 5.68. The van der Waals surface area contributed by atoms with Crippen molar-refractivity contribution in [2.24, 2.45) is 0 Å². The molecule has 0 aliphatic heterocycles. The Kier molecular flexibility index (Phi) is 3.76. The van der Waals surface area contributed by atoms with E-state index in [1.165, 1.54) is 5.56 Å². The Labute approximate surface area is 121 Å². The van der Waals surface area contributed by atoms with E-state index >= 15 is 0 Å². The standard InChI is InChI=1S/C16H15BrO2/c1-9-6-10(2)15(11(3)7-9)13-5-4-12(17)8-14(13)16(18)19/h4-8H,1-3H3,(H,18,19). The molecule has 19 heavy (non-hydrogen) atoms. The fourth-order valence-electron chi connectivity index (χ4n) is 2.52. The van der Waals surface area contributed by atoms with Crippen LogP contribution in [-0.2, 0) is 0 Å². The van der Waals surface area contributed by atoms with Crippen molar-refractivity contribution in [3.05, 3.63) is 57.1 Å². The SMILES string of the molecule is Cc1cc(C)c(-c2ccc(Br)cc2C(=O)O)c(C)c1. The normalized spacial score (nSPS) is 10.5. The van der Waals surface area contributed by atoms with Gasteiger partial charge in [-0.1, -0.05) is 39.7 Å². The predicted molar refractivity (Wildman–Crippen MR) is 80.7 cm³/mol. The molecule has 0 heterocycles. The smallest absolute Gasteiger partial charge is 0.336 e. The van der Waals surface area contributed by atoms with Crippen LogP contribution in [0.15, 0.2) is 34.8 Å². The second kappa shape index (κ2) is 5.17. The molecule has 2 aromatic carbocycles. The lowest BCUT2D eigenvalue weighted by Gasteiger charge is -2.14. The molecule has 2 nitrogen and oxygen atoms in total. The molecule has 3 heteroatoms. The summed E-state index contributed by atoms with van der Waals surface area (Å²) >= 11 is 3.32. The van der Waals surface area contributed by atoms with Crippen LogP contribution in [0.4, 0.5) is 0 Å². The predicted octanol–water partition coefficient (Wildman–Crippen LogP) is 4.74. The molecule has 0 saturated heterocycles. The van der Waals surface area contributed by atoms with Crippen molar-refractivity contribution in [3.8, 4) is 11.1 Å². The van der Waals surface area contributed by atoms with E-state index in [-0.39, 0.29) is 0 Å². The topological polar surface area (TPSA) is 37.3 Å². The monoisotopic (exact) mass is 318 g/mol. The third kappa shape index (κ3) is 2.71. The lowest BCUT2D eigenvalue weighted by molar-refractivity contribution is 0.0697. The van der Waals surface area contributed by atoms with Crippen LogP contribution in [-0.4, -0.2) is 11.1 Å². The number of hydrogen-bond acceptors (Lipinski definition) is 1. The molecule has 0 saturated carbocycles. The Hall–Kier alpha value is -1.61. The van der Waals surface area contributed by atoms with Gasteiger partial charge >= 0.3 is 5.97 Å². The summed E-state index contributed by atoms with van der Waals surface area (Å²) in [5, 5.41) is 9.37. The van der Waals surface area contributed by atoms with E-state index in [0.29, 0.717) is 5.56 Å². The number of hydrogen-bond donors (Lipinski definition) is 1. The van der Waals surface area contributed by atoms with Crippen molar-refractivity contribution >= 4 is 21.9 Å². The molecule has 0 radical (unpaired) electrons. The van der Waals surface area contributed by atoms with Crippen LogP contribution in [0.3, 0.4) is 0 Å². The lowest BCUT2D eigenvalue weighted by atomic mass is 9.91. The molecular formula is C16H15BrO2. The van der Waals surface area contributed by atoms with Crippen molar-refractivity contribution in [1.82, 2.24) is 0 Å². The van der Waals surface area contributed by atoms with Gasteiger partial charge in [-0.25, -0.2) is 4.79 Å². The van der Waals surface area contributed by atoms with Crippen LogP contribution < -0.4 is 0 Å². The molecule has 0 atom stereocenters. The molecule has 2 aromatic rings. The zero-order chi connectivity index (χ0) is 14.2. The Morgan fingerprint density at radius 1 is 1.05 bits per heavy atom. The first-order valence-corrected chi connectivity index (χ1v) is 6.80. The summed E-state index contributed by atoms with van der Waals surface area (Å²) in [6, 6.07) is 9.54. The van der Waals surface area contributed by atoms with Gasteiger partial charge in [0.1, 0.15) is 0 Å². The first-order chi connectivity index (χ1) is 8.90. The number of halogens is 1. The molecule has 0 aliphatic rings. The summed E-state index contributed by atoms with van der Waals surface area (Å²) in [6.45, 7) is 6.08. The van der Waals surface area contributed by atoms with Crippen molar-refractivity contribution in [1.29, 1.82) is 0 Å². The van der Waals surface area contributed by atoms with Gasteiger partial charge in [-0.2, -0.15) is 0 Å². The minimum Gasteiger partial charge on any atom is -0.478 e.